The second kappa shape index (κ2) is 5.77. The Hall–Kier alpha value is -2.42. The molecule has 0 bridgehead atoms. The minimum atomic E-state index is -0.718. The summed E-state index contributed by atoms with van der Waals surface area (Å²) in [6, 6.07) is 4.26. The van der Waals surface area contributed by atoms with Crippen LogP contribution in [-0.4, -0.2) is 19.0 Å². The van der Waals surface area contributed by atoms with Gasteiger partial charge in [0.05, 0.1) is 24.4 Å². The zero-order chi connectivity index (χ0) is 13.7. The van der Waals surface area contributed by atoms with Crippen molar-refractivity contribution >= 4 is 17.6 Å². The van der Waals surface area contributed by atoms with Crippen LogP contribution in [0.4, 0.5) is 10.1 Å². The molecule has 6 heteroatoms. The Bertz CT molecular complexity index is 512. The Morgan fingerprint density at radius 2 is 2.17 bits per heavy atom. The van der Waals surface area contributed by atoms with Gasteiger partial charge in [-0.05, 0) is 24.6 Å². The van der Waals surface area contributed by atoms with Crippen molar-refractivity contribution in [1.82, 2.24) is 0 Å². The number of nitrogens with zero attached hydrogens (tertiary/aromatic N) is 1. The summed E-state index contributed by atoms with van der Waals surface area (Å²) in [5, 5.41) is 10.9. The zero-order valence-electron chi connectivity index (χ0n) is 9.91. The smallest absolute Gasteiger partial charge is 0.315 e. The van der Waals surface area contributed by atoms with Crippen LogP contribution in [0.25, 0.3) is 0 Å². The molecule has 0 aliphatic carbocycles. The minimum Gasteiger partial charge on any atom is -0.469 e. The Labute approximate surface area is 103 Å². The highest BCUT2D eigenvalue weighted by molar-refractivity contribution is 6.02. The van der Waals surface area contributed by atoms with Crippen LogP contribution in [0.2, 0.25) is 0 Å². The van der Waals surface area contributed by atoms with Gasteiger partial charge in [-0.15, -0.1) is 0 Å². The number of halogens is 1. The standard InChI is InChI=1S/C12H11FN2O3/c1-7-3-8(6-14)4-9(13)12(7)15-10(16)5-11(17)18-2/h3-4H,5H2,1-2H3,(H,15,16). The number of anilines is 1. The van der Waals surface area contributed by atoms with Gasteiger partial charge in [-0.1, -0.05) is 0 Å². The van der Waals surface area contributed by atoms with Crippen LogP contribution in [0.5, 0.6) is 0 Å². The third kappa shape index (κ3) is 3.28. The third-order valence-corrected chi connectivity index (χ3v) is 2.21. The van der Waals surface area contributed by atoms with E-state index in [0.29, 0.717) is 5.56 Å². The van der Waals surface area contributed by atoms with Crippen LogP contribution in [0.15, 0.2) is 12.1 Å². The molecule has 94 valence electrons. The van der Waals surface area contributed by atoms with E-state index in [1.165, 1.54) is 6.07 Å². The number of nitrogens with one attached hydrogen (secondary N) is 1. The number of nitriles is 1. The van der Waals surface area contributed by atoms with Crippen molar-refractivity contribution in [1.29, 1.82) is 5.26 Å². The maximum absolute atomic E-state index is 13.6. The molecule has 1 amide bonds. The topological polar surface area (TPSA) is 79.2 Å². The molecular weight excluding hydrogens is 239 g/mol. The first kappa shape index (κ1) is 13.6. The van der Waals surface area contributed by atoms with Crippen molar-refractivity contribution in [2.45, 2.75) is 13.3 Å². The molecule has 18 heavy (non-hydrogen) atoms. The number of amides is 1. The first-order chi connectivity index (χ1) is 8.47. The Morgan fingerprint density at radius 1 is 1.50 bits per heavy atom. The van der Waals surface area contributed by atoms with Gasteiger partial charge in [0, 0.05) is 0 Å². The molecule has 1 rings (SSSR count). The van der Waals surface area contributed by atoms with E-state index in [1.54, 1.807) is 13.0 Å². The summed E-state index contributed by atoms with van der Waals surface area (Å²) < 4.78 is 17.9. The molecule has 0 unspecified atom stereocenters. The molecule has 1 aromatic carbocycles. The fourth-order valence-electron chi connectivity index (χ4n) is 1.35. The van der Waals surface area contributed by atoms with Gasteiger partial charge in [-0.25, -0.2) is 4.39 Å². The Morgan fingerprint density at radius 3 is 2.67 bits per heavy atom. The molecule has 5 nitrogen and oxygen atoms in total. The van der Waals surface area contributed by atoms with Crippen LogP contribution in [0, 0.1) is 24.1 Å². The van der Waals surface area contributed by atoms with Gasteiger partial charge < -0.3 is 10.1 Å². The largest absolute Gasteiger partial charge is 0.469 e. The van der Waals surface area contributed by atoms with Crippen LogP contribution in [0.1, 0.15) is 17.5 Å². The average Bonchev–Trinajstić information content (AvgIpc) is 2.33. The van der Waals surface area contributed by atoms with Crippen molar-refractivity contribution in [2.24, 2.45) is 0 Å². The maximum Gasteiger partial charge on any atom is 0.315 e. The minimum absolute atomic E-state index is 0.0390. The van der Waals surface area contributed by atoms with E-state index in [4.69, 9.17) is 5.26 Å². The number of hydrogen-bond acceptors (Lipinski definition) is 4. The highest BCUT2D eigenvalue weighted by Gasteiger charge is 2.14. The molecule has 0 atom stereocenters. The highest BCUT2D eigenvalue weighted by Crippen LogP contribution is 2.21. The lowest BCUT2D eigenvalue weighted by Crippen LogP contribution is -2.18. The van der Waals surface area contributed by atoms with E-state index in [-0.39, 0.29) is 11.3 Å². The van der Waals surface area contributed by atoms with Crippen molar-refractivity contribution in [3.05, 3.63) is 29.1 Å². The predicted molar refractivity (Wildman–Crippen MR) is 61.1 cm³/mol. The molecule has 0 saturated heterocycles. The van der Waals surface area contributed by atoms with Crippen molar-refractivity contribution < 1.29 is 18.7 Å². The van der Waals surface area contributed by atoms with E-state index < -0.39 is 24.1 Å². The van der Waals surface area contributed by atoms with E-state index in [9.17, 15) is 14.0 Å². The summed E-state index contributed by atoms with van der Waals surface area (Å²) in [6.45, 7) is 1.55. The number of esters is 1. The van der Waals surface area contributed by atoms with Crippen molar-refractivity contribution in [3.8, 4) is 6.07 Å². The highest BCUT2D eigenvalue weighted by atomic mass is 19.1. The molecule has 0 aliphatic heterocycles. The summed E-state index contributed by atoms with van der Waals surface area (Å²) in [4.78, 5) is 22.3. The normalized spacial score (nSPS) is 9.44. The van der Waals surface area contributed by atoms with Gasteiger partial charge in [0.25, 0.3) is 0 Å². The molecule has 0 saturated carbocycles. The lowest BCUT2D eigenvalue weighted by molar-refractivity contribution is -0.142. The first-order valence-corrected chi connectivity index (χ1v) is 5.05. The molecule has 0 fully saturated rings. The second-order valence-electron chi connectivity index (χ2n) is 3.56. The Kier molecular flexibility index (Phi) is 4.38. The number of aryl methyl sites for hydroxylation is 1. The molecule has 0 aliphatic rings. The van der Waals surface area contributed by atoms with Crippen LogP contribution < -0.4 is 5.32 Å². The van der Waals surface area contributed by atoms with Gasteiger partial charge in [0.15, 0.2) is 0 Å². The first-order valence-electron chi connectivity index (χ1n) is 5.05. The summed E-state index contributed by atoms with van der Waals surface area (Å²) in [7, 11) is 1.16. The number of rotatable bonds is 3. The lowest BCUT2D eigenvalue weighted by atomic mass is 10.1. The zero-order valence-corrected chi connectivity index (χ0v) is 9.91. The summed E-state index contributed by atoms with van der Waals surface area (Å²) in [5.74, 6) is -2.10. The van der Waals surface area contributed by atoms with Crippen molar-refractivity contribution in [2.75, 3.05) is 12.4 Å². The molecule has 0 heterocycles. The number of benzene rings is 1. The molecule has 0 aromatic heterocycles. The number of carbonyl (C=O) groups is 2. The number of hydrogen-bond donors (Lipinski definition) is 1. The summed E-state index contributed by atoms with van der Waals surface area (Å²) in [5.41, 5.74) is 0.531. The number of methoxy groups -OCH3 is 1. The third-order valence-electron chi connectivity index (χ3n) is 2.21. The van der Waals surface area contributed by atoms with Gasteiger partial charge >= 0.3 is 5.97 Å². The van der Waals surface area contributed by atoms with E-state index in [2.05, 4.69) is 10.1 Å². The molecular formula is C12H11FN2O3. The van der Waals surface area contributed by atoms with Crippen LogP contribution in [0.3, 0.4) is 0 Å². The van der Waals surface area contributed by atoms with E-state index in [1.807, 2.05) is 0 Å². The van der Waals surface area contributed by atoms with Crippen LogP contribution >= 0.6 is 0 Å². The molecule has 0 radical (unpaired) electrons. The fourth-order valence-corrected chi connectivity index (χ4v) is 1.35. The molecule has 1 aromatic rings. The molecule has 1 N–H and O–H groups in total. The maximum atomic E-state index is 13.6. The summed E-state index contributed by atoms with van der Waals surface area (Å²) >= 11 is 0. The van der Waals surface area contributed by atoms with Gasteiger partial charge in [0.1, 0.15) is 12.2 Å². The van der Waals surface area contributed by atoms with Gasteiger partial charge in [-0.2, -0.15) is 5.26 Å². The monoisotopic (exact) mass is 250 g/mol. The van der Waals surface area contributed by atoms with Crippen molar-refractivity contribution in [3.63, 3.8) is 0 Å². The number of carbonyl (C=O) groups excluding carboxylic acids is 2. The lowest BCUT2D eigenvalue weighted by Gasteiger charge is -2.09. The van der Waals surface area contributed by atoms with Gasteiger partial charge in [0.2, 0.25) is 5.91 Å². The summed E-state index contributed by atoms with van der Waals surface area (Å²) in [6.07, 6.45) is -0.491. The molecule has 0 spiro atoms. The van der Waals surface area contributed by atoms with Gasteiger partial charge in [-0.3, -0.25) is 9.59 Å². The van der Waals surface area contributed by atoms with E-state index >= 15 is 0 Å². The average molecular weight is 250 g/mol. The second-order valence-corrected chi connectivity index (χ2v) is 3.56. The van der Waals surface area contributed by atoms with Crippen LogP contribution in [-0.2, 0) is 14.3 Å². The number of ether oxygens (including phenoxy) is 1. The fraction of sp³-hybridized carbons (Fsp3) is 0.250. The van der Waals surface area contributed by atoms with E-state index in [0.717, 1.165) is 13.2 Å². The SMILES string of the molecule is COC(=O)CC(=O)Nc1c(C)cc(C#N)cc1F. The quantitative estimate of drug-likeness (QED) is 0.651. The Balaban J connectivity index is 2.89. The predicted octanol–water partition coefficient (Wildman–Crippen LogP) is 1.51.